The van der Waals surface area contributed by atoms with E-state index in [4.69, 9.17) is 9.84 Å². The number of aliphatic hydroxyl groups excluding tert-OH is 4. The van der Waals surface area contributed by atoms with Gasteiger partial charge in [-0.15, -0.1) is 0 Å². The van der Waals surface area contributed by atoms with Crippen molar-refractivity contribution >= 4 is 9.84 Å². The minimum Gasteiger partial charge on any atom is -0.394 e. The summed E-state index contributed by atoms with van der Waals surface area (Å²) >= 11 is 0. The number of hydrogen-bond donors (Lipinski definition) is 5. The largest absolute Gasteiger partial charge is 0.394 e. The van der Waals surface area contributed by atoms with Crippen LogP contribution in [-0.2, 0) is 14.6 Å². The fourth-order valence-electron chi connectivity index (χ4n) is 1.57. The molecule has 0 aromatic carbocycles. The molecule has 1 aliphatic rings. The molecule has 5 atom stereocenters. The summed E-state index contributed by atoms with van der Waals surface area (Å²) in [5.41, 5.74) is 0. The average Bonchev–Trinajstić information content (AvgIpc) is 2.21. The van der Waals surface area contributed by atoms with E-state index in [-0.39, 0.29) is 0 Å². The van der Waals surface area contributed by atoms with Crippen LogP contribution in [0, 0.1) is 0 Å². The van der Waals surface area contributed by atoms with E-state index in [9.17, 15) is 23.7 Å². The van der Waals surface area contributed by atoms with Gasteiger partial charge in [0.1, 0.15) is 18.3 Å². The van der Waals surface area contributed by atoms with Crippen LogP contribution >= 0.6 is 0 Å². The minimum absolute atomic E-state index is 0.467. The van der Waals surface area contributed by atoms with Crippen LogP contribution in [0.2, 0.25) is 0 Å². The van der Waals surface area contributed by atoms with Gasteiger partial charge in [-0.2, -0.15) is 0 Å². The first-order valence-corrected chi connectivity index (χ1v) is 7.04. The third-order valence-electron chi connectivity index (χ3n) is 2.48. The molecule has 0 aromatic heterocycles. The molecule has 1 aliphatic heterocycles. The van der Waals surface area contributed by atoms with Crippen molar-refractivity contribution in [1.82, 2.24) is 5.32 Å². The van der Waals surface area contributed by atoms with Gasteiger partial charge in [-0.3, -0.25) is 5.32 Å². The number of sulfone groups is 1. The lowest BCUT2D eigenvalue weighted by molar-refractivity contribution is -0.253. The maximum absolute atomic E-state index is 10.9. The zero-order valence-electron chi connectivity index (χ0n) is 9.22. The van der Waals surface area contributed by atoms with Gasteiger partial charge in [0, 0.05) is 6.26 Å². The van der Waals surface area contributed by atoms with E-state index in [0.717, 1.165) is 6.26 Å². The SMILES string of the molecule is CS(=O)(=O)CN[C@@H]1C(O)O[C@H](CO)[C@@H](O)[C@@H]1O. The summed E-state index contributed by atoms with van der Waals surface area (Å²) in [6, 6.07) is -1.14. The Morgan fingerprint density at radius 2 is 1.82 bits per heavy atom. The lowest BCUT2D eigenvalue weighted by atomic mass is 9.97. The highest BCUT2D eigenvalue weighted by Gasteiger charge is 2.43. The summed E-state index contributed by atoms with van der Waals surface area (Å²) < 4.78 is 26.7. The molecule has 8 nitrogen and oxygen atoms in total. The van der Waals surface area contributed by atoms with Crippen molar-refractivity contribution in [1.29, 1.82) is 0 Å². The summed E-state index contributed by atoms with van der Waals surface area (Å²) in [7, 11) is -3.33. The summed E-state index contributed by atoms with van der Waals surface area (Å²) in [4.78, 5) is 0. The molecular weight excluding hydrogens is 254 g/mol. The lowest BCUT2D eigenvalue weighted by Crippen LogP contribution is -2.63. The third kappa shape index (κ3) is 3.85. The van der Waals surface area contributed by atoms with Gasteiger partial charge < -0.3 is 25.2 Å². The summed E-state index contributed by atoms with van der Waals surface area (Å²) in [5.74, 6) is -0.467. The third-order valence-corrected chi connectivity index (χ3v) is 3.17. The molecule has 102 valence electrons. The Morgan fingerprint density at radius 1 is 1.24 bits per heavy atom. The van der Waals surface area contributed by atoms with Crippen molar-refractivity contribution in [3.63, 3.8) is 0 Å². The fraction of sp³-hybridized carbons (Fsp3) is 1.00. The highest BCUT2D eigenvalue weighted by Crippen LogP contribution is 2.19. The van der Waals surface area contributed by atoms with Crippen LogP contribution < -0.4 is 5.32 Å². The van der Waals surface area contributed by atoms with Crippen LogP contribution in [0.25, 0.3) is 0 Å². The van der Waals surface area contributed by atoms with Crippen molar-refractivity contribution in [2.45, 2.75) is 30.6 Å². The maximum Gasteiger partial charge on any atom is 0.173 e. The Bertz CT molecular complexity index is 346. The van der Waals surface area contributed by atoms with Gasteiger partial charge in [-0.05, 0) is 0 Å². The summed E-state index contributed by atoms with van der Waals surface area (Å²) in [5, 5.41) is 39.9. The van der Waals surface area contributed by atoms with Crippen LogP contribution in [-0.4, -0.2) is 78.2 Å². The van der Waals surface area contributed by atoms with Gasteiger partial charge in [-0.1, -0.05) is 0 Å². The molecule has 0 spiro atoms. The van der Waals surface area contributed by atoms with Crippen LogP contribution in [0.15, 0.2) is 0 Å². The molecule has 9 heteroatoms. The topological polar surface area (TPSA) is 136 Å². The Balaban J connectivity index is 2.66. The van der Waals surface area contributed by atoms with Crippen molar-refractivity contribution in [3.05, 3.63) is 0 Å². The second kappa shape index (κ2) is 5.57. The molecule has 0 aromatic rings. The van der Waals surface area contributed by atoms with E-state index in [1.54, 1.807) is 0 Å². The second-order valence-corrected chi connectivity index (χ2v) is 6.17. The van der Waals surface area contributed by atoms with Crippen molar-refractivity contribution < 1.29 is 33.6 Å². The van der Waals surface area contributed by atoms with Gasteiger partial charge >= 0.3 is 0 Å². The van der Waals surface area contributed by atoms with Crippen LogP contribution in [0.3, 0.4) is 0 Å². The number of aliphatic hydroxyl groups is 4. The lowest BCUT2D eigenvalue weighted by Gasteiger charge is -2.40. The smallest absolute Gasteiger partial charge is 0.173 e. The standard InChI is InChI=1S/C8H17NO7S/c1-17(14,15)3-9-5-7(12)6(11)4(2-10)16-8(5)13/h4-13H,2-3H2,1H3/t4-,5+,6-,7-,8?/m1/s1. The normalized spacial score (nSPS) is 39.2. The molecule has 0 aliphatic carbocycles. The molecule has 0 bridgehead atoms. The molecule has 0 radical (unpaired) electrons. The van der Waals surface area contributed by atoms with E-state index >= 15 is 0 Å². The molecule has 1 fully saturated rings. The second-order valence-electron chi connectivity index (χ2n) is 4.03. The highest BCUT2D eigenvalue weighted by atomic mass is 32.2. The number of hydrogen-bond acceptors (Lipinski definition) is 8. The quantitative estimate of drug-likeness (QED) is 0.353. The van der Waals surface area contributed by atoms with Gasteiger partial charge in [0.2, 0.25) is 0 Å². The summed E-state index contributed by atoms with van der Waals surface area (Å²) in [6.45, 7) is -0.561. The van der Waals surface area contributed by atoms with E-state index in [1.165, 1.54) is 0 Å². The molecule has 0 saturated carbocycles. The predicted molar refractivity (Wildman–Crippen MR) is 56.6 cm³/mol. The van der Waals surface area contributed by atoms with E-state index in [0.29, 0.717) is 0 Å². The first-order chi connectivity index (χ1) is 7.76. The first kappa shape index (κ1) is 14.8. The van der Waals surface area contributed by atoms with Gasteiger partial charge in [0.25, 0.3) is 0 Å². The maximum atomic E-state index is 10.9. The molecule has 17 heavy (non-hydrogen) atoms. The van der Waals surface area contributed by atoms with Gasteiger partial charge in [0.15, 0.2) is 16.1 Å². The average molecular weight is 271 g/mol. The Morgan fingerprint density at radius 3 is 2.29 bits per heavy atom. The van der Waals surface area contributed by atoms with E-state index in [1.807, 2.05) is 0 Å². The zero-order valence-corrected chi connectivity index (χ0v) is 10.0. The Labute approximate surface area is 98.8 Å². The summed E-state index contributed by atoms with van der Waals surface area (Å²) in [6.07, 6.45) is -4.46. The Kier molecular flexibility index (Phi) is 4.84. The molecule has 1 rings (SSSR count). The zero-order chi connectivity index (χ0) is 13.2. The Hall–Kier alpha value is -0.290. The molecular formula is C8H17NO7S. The first-order valence-electron chi connectivity index (χ1n) is 4.98. The number of ether oxygens (including phenoxy) is 1. The number of rotatable bonds is 4. The predicted octanol–water partition coefficient (Wildman–Crippen LogP) is -3.62. The molecule has 0 amide bonds. The van der Waals surface area contributed by atoms with Crippen LogP contribution in [0.1, 0.15) is 0 Å². The van der Waals surface area contributed by atoms with E-state index < -0.39 is 53.0 Å². The fourth-order valence-corrected chi connectivity index (χ4v) is 2.06. The van der Waals surface area contributed by atoms with Crippen molar-refractivity contribution in [3.8, 4) is 0 Å². The van der Waals surface area contributed by atoms with Crippen molar-refractivity contribution in [2.24, 2.45) is 0 Å². The molecule has 5 N–H and O–H groups in total. The monoisotopic (exact) mass is 271 g/mol. The number of nitrogens with one attached hydrogen (secondary N) is 1. The van der Waals surface area contributed by atoms with Crippen LogP contribution in [0.4, 0.5) is 0 Å². The minimum atomic E-state index is -3.33. The molecule has 1 unspecified atom stereocenters. The highest BCUT2D eigenvalue weighted by molar-refractivity contribution is 7.90. The van der Waals surface area contributed by atoms with E-state index in [2.05, 4.69) is 5.32 Å². The van der Waals surface area contributed by atoms with Crippen molar-refractivity contribution in [2.75, 3.05) is 18.7 Å². The molecule has 1 saturated heterocycles. The van der Waals surface area contributed by atoms with Crippen LogP contribution in [0.5, 0.6) is 0 Å². The molecule has 1 heterocycles. The van der Waals surface area contributed by atoms with Gasteiger partial charge in [-0.25, -0.2) is 8.42 Å². The van der Waals surface area contributed by atoms with Gasteiger partial charge in [0.05, 0.1) is 18.5 Å².